The summed E-state index contributed by atoms with van der Waals surface area (Å²) in [5.74, 6) is -1.40. The van der Waals surface area contributed by atoms with Gasteiger partial charge in [-0.1, -0.05) is 115 Å². The molecule has 6 rings (SSSR count). The highest BCUT2D eigenvalue weighted by Crippen LogP contribution is 2.73. The summed E-state index contributed by atoms with van der Waals surface area (Å²) in [6, 6.07) is 36.8. The molecule has 1 fully saturated rings. The van der Waals surface area contributed by atoms with Crippen LogP contribution in [0.15, 0.2) is 115 Å². The highest BCUT2D eigenvalue weighted by Gasteiger charge is 2.74. The molecule has 2 aliphatic rings. The predicted molar refractivity (Wildman–Crippen MR) is 127 cm³/mol. The Labute approximate surface area is 193 Å². The first kappa shape index (κ1) is 20.4. The van der Waals surface area contributed by atoms with Crippen molar-refractivity contribution in [2.75, 3.05) is 0 Å². The van der Waals surface area contributed by atoms with Gasteiger partial charge in [-0.2, -0.15) is 0 Å². The van der Waals surface area contributed by atoms with Crippen molar-refractivity contribution >= 4 is 0 Å². The van der Waals surface area contributed by atoms with Crippen LogP contribution in [0.25, 0.3) is 0 Å². The van der Waals surface area contributed by atoms with Gasteiger partial charge in [-0.05, 0) is 27.8 Å². The van der Waals surface area contributed by atoms with E-state index in [9.17, 15) is 15.3 Å². The van der Waals surface area contributed by atoms with Crippen LogP contribution in [0.5, 0.6) is 0 Å². The average Bonchev–Trinajstić information content (AvgIpc) is 3.24. The van der Waals surface area contributed by atoms with Gasteiger partial charge in [-0.3, -0.25) is 0 Å². The number of hydrogen-bond acceptors (Lipinski definition) is 3. The van der Waals surface area contributed by atoms with Gasteiger partial charge in [0.05, 0.1) is 6.10 Å². The van der Waals surface area contributed by atoms with Crippen molar-refractivity contribution < 1.29 is 15.3 Å². The second-order valence-electron chi connectivity index (χ2n) is 9.28. The van der Waals surface area contributed by atoms with E-state index in [1.165, 1.54) is 0 Å². The maximum atomic E-state index is 12.8. The number of aliphatic hydroxyl groups excluding tert-OH is 1. The van der Waals surface area contributed by atoms with Crippen LogP contribution in [0.3, 0.4) is 0 Å². The highest BCUT2D eigenvalue weighted by atomic mass is 16.4. The minimum absolute atomic E-state index is 0.314. The van der Waals surface area contributed by atoms with E-state index in [1.807, 2.05) is 115 Å². The summed E-state index contributed by atoms with van der Waals surface area (Å²) in [4.78, 5) is 0. The van der Waals surface area contributed by atoms with E-state index in [-0.39, 0.29) is 5.92 Å². The minimum atomic E-state index is -1.68. The second-order valence-corrected chi connectivity index (χ2v) is 9.28. The third kappa shape index (κ3) is 2.61. The van der Waals surface area contributed by atoms with Gasteiger partial charge in [-0.25, -0.2) is 0 Å². The second kappa shape index (κ2) is 7.39. The first-order valence-corrected chi connectivity index (χ1v) is 11.5. The summed E-state index contributed by atoms with van der Waals surface area (Å²) in [7, 11) is 0. The molecule has 6 atom stereocenters. The average molecular weight is 435 g/mol. The SMILES string of the molecule is O[C@@H]1c2ccccc2[C@@]2(O)[C@H]1[C@@H](c1ccccc1)[C@@H](c1ccccc1)[C@]2(O)c1ccccc1. The fourth-order valence-corrected chi connectivity index (χ4v) is 6.60. The molecule has 0 amide bonds. The summed E-state index contributed by atoms with van der Waals surface area (Å²) in [5.41, 5.74) is 0.534. The van der Waals surface area contributed by atoms with Crippen LogP contribution < -0.4 is 0 Å². The van der Waals surface area contributed by atoms with Gasteiger partial charge in [-0.15, -0.1) is 0 Å². The number of benzene rings is 4. The zero-order valence-corrected chi connectivity index (χ0v) is 18.1. The Balaban J connectivity index is 1.72. The lowest BCUT2D eigenvalue weighted by atomic mass is 9.69. The van der Waals surface area contributed by atoms with Crippen molar-refractivity contribution in [2.24, 2.45) is 5.92 Å². The third-order valence-electron chi connectivity index (χ3n) is 7.85. The molecule has 0 aliphatic heterocycles. The van der Waals surface area contributed by atoms with Crippen LogP contribution in [0, 0.1) is 5.92 Å². The molecule has 0 radical (unpaired) electrons. The standard InChI is InChI=1S/C30H26O3/c31-28-23-18-10-11-19-24(23)30(33)27(28)25(20-12-4-1-5-13-20)26(21-14-6-2-7-15-21)29(30,32)22-16-8-3-9-17-22/h1-19,25-28,31-33H/t25-,26+,27-,28+,29+,30+/m0/s1. The van der Waals surface area contributed by atoms with Crippen molar-refractivity contribution in [3.63, 3.8) is 0 Å². The third-order valence-corrected chi connectivity index (χ3v) is 7.85. The van der Waals surface area contributed by atoms with Crippen LogP contribution >= 0.6 is 0 Å². The van der Waals surface area contributed by atoms with E-state index in [2.05, 4.69) is 0 Å². The molecule has 33 heavy (non-hydrogen) atoms. The van der Waals surface area contributed by atoms with Crippen LogP contribution in [-0.2, 0) is 11.2 Å². The summed E-state index contributed by atoms with van der Waals surface area (Å²) >= 11 is 0. The molecule has 164 valence electrons. The molecule has 4 aromatic carbocycles. The number of hydrogen-bond donors (Lipinski definition) is 3. The largest absolute Gasteiger partial charge is 0.388 e. The summed E-state index contributed by atoms with van der Waals surface area (Å²) in [6.45, 7) is 0. The van der Waals surface area contributed by atoms with Gasteiger partial charge in [0, 0.05) is 17.8 Å². The van der Waals surface area contributed by atoms with Crippen LogP contribution in [0.4, 0.5) is 0 Å². The first-order valence-electron chi connectivity index (χ1n) is 11.5. The Kier molecular flexibility index (Phi) is 4.56. The molecule has 1 saturated carbocycles. The van der Waals surface area contributed by atoms with Crippen LogP contribution in [-0.4, -0.2) is 15.3 Å². The van der Waals surface area contributed by atoms with Crippen molar-refractivity contribution in [1.82, 2.24) is 0 Å². The van der Waals surface area contributed by atoms with Gasteiger partial charge in [0.15, 0.2) is 0 Å². The smallest absolute Gasteiger partial charge is 0.130 e. The number of aliphatic hydroxyl groups is 3. The molecular weight excluding hydrogens is 408 g/mol. The van der Waals surface area contributed by atoms with E-state index in [0.717, 1.165) is 11.1 Å². The lowest BCUT2D eigenvalue weighted by Gasteiger charge is -2.42. The van der Waals surface area contributed by atoms with Gasteiger partial charge in [0.2, 0.25) is 0 Å². The number of fused-ring (bicyclic) bond motifs is 3. The highest BCUT2D eigenvalue weighted by molar-refractivity contribution is 5.54. The molecule has 3 heteroatoms. The molecule has 0 saturated heterocycles. The molecule has 0 aromatic heterocycles. The van der Waals surface area contributed by atoms with Gasteiger partial charge < -0.3 is 15.3 Å². The normalized spacial score (nSPS) is 32.3. The molecule has 0 bridgehead atoms. The van der Waals surface area contributed by atoms with Crippen molar-refractivity contribution in [3.8, 4) is 0 Å². The molecule has 0 heterocycles. The van der Waals surface area contributed by atoms with Crippen LogP contribution in [0.1, 0.15) is 45.8 Å². The quantitative estimate of drug-likeness (QED) is 0.425. The molecule has 0 unspecified atom stereocenters. The van der Waals surface area contributed by atoms with E-state index in [1.54, 1.807) is 0 Å². The maximum Gasteiger partial charge on any atom is 0.130 e. The van der Waals surface area contributed by atoms with E-state index in [4.69, 9.17) is 0 Å². The van der Waals surface area contributed by atoms with E-state index < -0.39 is 29.1 Å². The first-order chi connectivity index (χ1) is 16.1. The lowest BCUT2D eigenvalue weighted by Crippen LogP contribution is -2.49. The Hall–Kier alpha value is -3.24. The number of rotatable bonds is 3. The Bertz CT molecular complexity index is 1270. The zero-order valence-electron chi connectivity index (χ0n) is 18.1. The van der Waals surface area contributed by atoms with Crippen molar-refractivity contribution in [1.29, 1.82) is 0 Å². The Morgan fingerprint density at radius 3 is 1.70 bits per heavy atom. The van der Waals surface area contributed by atoms with Crippen molar-refractivity contribution in [2.45, 2.75) is 29.1 Å². The molecule has 4 aromatic rings. The molecule has 0 spiro atoms. The molecule has 3 nitrogen and oxygen atoms in total. The predicted octanol–water partition coefficient (Wildman–Crippen LogP) is 5.01. The van der Waals surface area contributed by atoms with E-state index >= 15 is 0 Å². The summed E-state index contributed by atoms with van der Waals surface area (Å²) in [5, 5.41) is 37.1. The Morgan fingerprint density at radius 2 is 1.06 bits per heavy atom. The molecule has 3 N–H and O–H groups in total. The fourth-order valence-electron chi connectivity index (χ4n) is 6.60. The van der Waals surface area contributed by atoms with Crippen LogP contribution in [0.2, 0.25) is 0 Å². The van der Waals surface area contributed by atoms with E-state index in [0.29, 0.717) is 16.7 Å². The molecule has 2 aliphatic carbocycles. The van der Waals surface area contributed by atoms with Gasteiger partial charge in [0.1, 0.15) is 11.2 Å². The van der Waals surface area contributed by atoms with Gasteiger partial charge in [0.25, 0.3) is 0 Å². The maximum absolute atomic E-state index is 12.8. The fraction of sp³-hybridized carbons (Fsp3) is 0.200. The Morgan fingerprint density at radius 1 is 0.545 bits per heavy atom. The molecular formula is C30H26O3. The van der Waals surface area contributed by atoms with Crippen molar-refractivity contribution in [3.05, 3.63) is 143 Å². The monoisotopic (exact) mass is 434 g/mol. The lowest BCUT2D eigenvalue weighted by molar-refractivity contribution is -0.174. The summed E-state index contributed by atoms with van der Waals surface area (Å²) < 4.78 is 0. The minimum Gasteiger partial charge on any atom is -0.388 e. The van der Waals surface area contributed by atoms with Gasteiger partial charge >= 0.3 is 0 Å². The summed E-state index contributed by atoms with van der Waals surface area (Å²) in [6.07, 6.45) is -0.902. The topological polar surface area (TPSA) is 60.7 Å². The zero-order chi connectivity index (χ0) is 22.6.